The van der Waals surface area contributed by atoms with Crippen LogP contribution in [0.5, 0.6) is 11.6 Å². The summed E-state index contributed by atoms with van der Waals surface area (Å²) in [6.07, 6.45) is 7.14. The minimum Gasteiger partial charge on any atom is -0.481 e. The van der Waals surface area contributed by atoms with E-state index in [0.717, 1.165) is 43.2 Å². The average molecular weight is 577 g/mol. The molecule has 2 aliphatic heterocycles. The lowest BCUT2D eigenvalue weighted by atomic mass is 10.0. The summed E-state index contributed by atoms with van der Waals surface area (Å²) in [7, 11) is 1.58. The number of piperidine rings is 1. The molecule has 1 fully saturated rings. The van der Waals surface area contributed by atoms with Crippen molar-refractivity contribution in [1.82, 2.24) is 19.4 Å². The molecule has 1 aromatic carbocycles. The number of hydrogen-bond acceptors (Lipinski definition) is 8. The second kappa shape index (κ2) is 10.9. The van der Waals surface area contributed by atoms with Crippen LogP contribution < -0.4 is 25.5 Å². The molecule has 2 aliphatic rings. The van der Waals surface area contributed by atoms with E-state index in [1.54, 1.807) is 31.8 Å². The highest BCUT2D eigenvalue weighted by Crippen LogP contribution is 2.37. The summed E-state index contributed by atoms with van der Waals surface area (Å²) in [4.78, 5) is 26.9. The number of rotatable bonds is 7. The molecule has 0 radical (unpaired) electrons. The Morgan fingerprint density at radius 1 is 1.19 bits per heavy atom. The van der Waals surface area contributed by atoms with Gasteiger partial charge in [0, 0.05) is 56.2 Å². The first kappa shape index (κ1) is 27.9. The largest absolute Gasteiger partial charge is 0.481 e. The number of pyridine rings is 3. The van der Waals surface area contributed by atoms with Crippen molar-refractivity contribution in [1.29, 1.82) is 0 Å². The van der Waals surface area contributed by atoms with E-state index >= 15 is 0 Å². The van der Waals surface area contributed by atoms with Crippen molar-refractivity contribution in [3.63, 3.8) is 0 Å². The molecule has 11 heteroatoms. The molecule has 1 atom stereocenters. The summed E-state index contributed by atoms with van der Waals surface area (Å²) in [6.45, 7) is 6.47. The maximum Gasteiger partial charge on any atom is 0.213 e. The zero-order valence-electron chi connectivity index (χ0n) is 23.9. The van der Waals surface area contributed by atoms with Crippen LogP contribution in [0, 0.1) is 11.6 Å². The van der Waals surface area contributed by atoms with Gasteiger partial charge in [-0.15, -0.1) is 0 Å². The van der Waals surface area contributed by atoms with E-state index in [0.29, 0.717) is 36.9 Å². The zero-order chi connectivity index (χ0) is 29.6. The van der Waals surface area contributed by atoms with Gasteiger partial charge < -0.3 is 24.7 Å². The molecule has 4 aromatic rings. The van der Waals surface area contributed by atoms with Gasteiger partial charge in [0.25, 0.3) is 0 Å². The van der Waals surface area contributed by atoms with Crippen molar-refractivity contribution in [3.05, 3.63) is 81.9 Å². The summed E-state index contributed by atoms with van der Waals surface area (Å²) in [5.74, 6) is -1.42. The molecule has 1 saturated heterocycles. The van der Waals surface area contributed by atoms with Crippen molar-refractivity contribution < 1.29 is 18.3 Å². The number of nitrogens with zero attached hydrogens (tertiary/aromatic N) is 5. The Bertz CT molecular complexity index is 1690. The predicted molar refractivity (Wildman–Crippen MR) is 157 cm³/mol. The monoisotopic (exact) mass is 576 g/mol. The van der Waals surface area contributed by atoms with E-state index < -0.39 is 17.2 Å². The Morgan fingerprint density at radius 2 is 2.02 bits per heavy atom. The maximum absolute atomic E-state index is 14.8. The molecule has 0 bridgehead atoms. The lowest BCUT2D eigenvalue weighted by Gasteiger charge is -2.40. The lowest BCUT2D eigenvalue weighted by molar-refractivity contribution is 0.0746. The fourth-order valence-electron chi connectivity index (χ4n) is 6.08. The molecule has 3 aromatic heterocycles. The quantitative estimate of drug-likeness (QED) is 0.344. The fourth-order valence-corrected chi connectivity index (χ4v) is 6.08. The average Bonchev–Trinajstić information content (AvgIpc) is 2.97. The molecule has 2 N–H and O–H groups in total. The first-order chi connectivity index (χ1) is 20.1. The molecule has 0 spiro atoms. The van der Waals surface area contributed by atoms with Gasteiger partial charge >= 0.3 is 0 Å². The highest BCUT2D eigenvalue weighted by Gasteiger charge is 2.34. The van der Waals surface area contributed by atoms with E-state index in [2.05, 4.69) is 19.8 Å². The maximum atomic E-state index is 14.8. The Balaban J connectivity index is 1.40. The molecule has 0 saturated carbocycles. The Hall–Kier alpha value is -4.25. The Labute approximate surface area is 242 Å². The minimum absolute atomic E-state index is 0.0900. The number of nitrogens with two attached hydrogens (primary N) is 1. The zero-order valence-corrected chi connectivity index (χ0v) is 23.9. The van der Waals surface area contributed by atoms with Crippen LogP contribution in [0.1, 0.15) is 37.8 Å². The van der Waals surface area contributed by atoms with E-state index in [4.69, 9.17) is 15.2 Å². The van der Waals surface area contributed by atoms with Crippen molar-refractivity contribution in [2.45, 2.75) is 58.0 Å². The van der Waals surface area contributed by atoms with E-state index in [-0.39, 0.29) is 28.1 Å². The standard InChI is InChI=1S/C31H34F2N6O3/c1-31(2)18-39-16-20(29(40)23-12-24(32)27(33)30(42-31)28(23)39)15-38(14-19-8-9-35-26(11-19)41-3)22-5-4-10-37(17-22)21-6-7-25(34)36-13-21/h6-9,11-13,16,22H,4-5,10,14-15,17-18H2,1-3H3,(H2,34,36)/t22-/m0/s1. The van der Waals surface area contributed by atoms with Gasteiger partial charge in [-0.05, 0) is 56.5 Å². The van der Waals surface area contributed by atoms with E-state index in [1.165, 1.54) is 0 Å². The fraction of sp³-hybridized carbons (Fsp3) is 0.387. The van der Waals surface area contributed by atoms with Crippen LogP contribution in [-0.2, 0) is 19.6 Å². The van der Waals surface area contributed by atoms with Gasteiger partial charge in [0.1, 0.15) is 11.4 Å². The smallest absolute Gasteiger partial charge is 0.213 e. The summed E-state index contributed by atoms with van der Waals surface area (Å²) in [5.41, 5.74) is 7.46. The molecule has 0 unspecified atom stereocenters. The van der Waals surface area contributed by atoms with Gasteiger partial charge in [-0.3, -0.25) is 9.69 Å². The molecular formula is C31H34F2N6O3. The molecule has 6 rings (SSSR count). The van der Waals surface area contributed by atoms with Gasteiger partial charge in [0.2, 0.25) is 11.7 Å². The third-order valence-corrected chi connectivity index (χ3v) is 8.03. The van der Waals surface area contributed by atoms with Crippen LogP contribution in [-0.4, -0.2) is 51.3 Å². The number of ether oxygens (including phenoxy) is 2. The molecule has 0 amide bonds. The SMILES string of the molecule is COc1cc(CN(Cc2cn3c4c(c(F)c(F)cc4c2=O)OC(C)(C)C3)[C@H]2CCCN(c3ccc(N)nc3)C2)ccn1. The number of nitrogen functional groups attached to an aromatic ring is 1. The minimum atomic E-state index is -1.10. The molecule has 5 heterocycles. The first-order valence-electron chi connectivity index (χ1n) is 14.0. The van der Waals surface area contributed by atoms with Gasteiger partial charge in [-0.25, -0.2) is 14.4 Å². The Morgan fingerprint density at radius 3 is 2.79 bits per heavy atom. The summed E-state index contributed by atoms with van der Waals surface area (Å²) >= 11 is 0. The van der Waals surface area contributed by atoms with Crippen LogP contribution in [0.4, 0.5) is 20.3 Å². The van der Waals surface area contributed by atoms with Crippen molar-refractivity contribution in [2.75, 3.05) is 30.8 Å². The van der Waals surface area contributed by atoms with Crippen molar-refractivity contribution >= 4 is 22.4 Å². The molecular weight excluding hydrogens is 542 g/mol. The Kier molecular flexibility index (Phi) is 7.22. The topological polar surface area (TPSA) is 98.7 Å². The number of anilines is 2. The third kappa shape index (κ3) is 5.36. The number of aromatic nitrogens is 3. The van der Waals surface area contributed by atoms with Gasteiger partial charge in [0.05, 0.1) is 36.4 Å². The summed E-state index contributed by atoms with van der Waals surface area (Å²) in [5, 5.41) is 0.112. The third-order valence-electron chi connectivity index (χ3n) is 8.03. The van der Waals surface area contributed by atoms with Crippen LogP contribution >= 0.6 is 0 Å². The predicted octanol–water partition coefficient (Wildman–Crippen LogP) is 4.50. The molecule has 42 heavy (non-hydrogen) atoms. The second-order valence-electron chi connectivity index (χ2n) is 11.7. The molecule has 220 valence electrons. The van der Waals surface area contributed by atoms with Crippen LogP contribution in [0.3, 0.4) is 0 Å². The lowest BCUT2D eigenvalue weighted by Crippen LogP contribution is -2.48. The van der Waals surface area contributed by atoms with Crippen molar-refractivity contribution in [2.24, 2.45) is 0 Å². The summed E-state index contributed by atoms with van der Waals surface area (Å²) < 4.78 is 42.5. The van der Waals surface area contributed by atoms with Crippen molar-refractivity contribution in [3.8, 4) is 11.6 Å². The van der Waals surface area contributed by atoms with Crippen LogP contribution in [0.25, 0.3) is 10.9 Å². The van der Waals surface area contributed by atoms with E-state index in [9.17, 15) is 13.6 Å². The van der Waals surface area contributed by atoms with Gasteiger partial charge in [0.15, 0.2) is 17.0 Å². The number of halogens is 2. The highest BCUT2D eigenvalue weighted by atomic mass is 19.2. The first-order valence-corrected chi connectivity index (χ1v) is 14.0. The normalized spacial score (nSPS) is 17.9. The number of benzene rings is 1. The number of hydrogen-bond donors (Lipinski definition) is 1. The summed E-state index contributed by atoms with van der Waals surface area (Å²) in [6, 6.07) is 8.67. The van der Waals surface area contributed by atoms with Crippen LogP contribution in [0.2, 0.25) is 0 Å². The van der Waals surface area contributed by atoms with Gasteiger partial charge in [-0.1, -0.05) is 0 Å². The van der Waals surface area contributed by atoms with E-state index in [1.807, 2.05) is 36.6 Å². The molecule has 0 aliphatic carbocycles. The number of methoxy groups -OCH3 is 1. The van der Waals surface area contributed by atoms with Gasteiger partial charge in [-0.2, -0.15) is 4.39 Å². The molecule has 9 nitrogen and oxygen atoms in total. The highest BCUT2D eigenvalue weighted by molar-refractivity contribution is 5.86. The second-order valence-corrected chi connectivity index (χ2v) is 11.7. The van der Waals surface area contributed by atoms with Crippen LogP contribution in [0.15, 0.2) is 53.7 Å².